The van der Waals surface area contributed by atoms with Crippen LogP contribution in [0.15, 0.2) is 17.1 Å². The van der Waals surface area contributed by atoms with Gasteiger partial charge in [-0.3, -0.25) is 9.36 Å². The second-order valence-electron chi connectivity index (χ2n) is 7.60. The van der Waals surface area contributed by atoms with Gasteiger partial charge in [-0.05, 0) is 51.9 Å². The van der Waals surface area contributed by atoms with Crippen LogP contribution in [0.25, 0.3) is 11.0 Å². The molecule has 2 aromatic heterocycles. The first kappa shape index (κ1) is 11.5. The number of aryl methyl sites for hydroxylation is 1. The summed E-state index contributed by atoms with van der Waals surface area (Å²) in [4.78, 5) is 21.6. The average molecular weight is 447 g/mol. The molecule has 1 saturated heterocycles. The first-order chi connectivity index (χ1) is 18.4. The van der Waals surface area contributed by atoms with E-state index < -0.39 is 83.6 Å². The lowest BCUT2D eigenvalue weighted by molar-refractivity contribution is 0.0266. The van der Waals surface area contributed by atoms with E-state index in [9.17, 15) is 18.3 Å². The summed E-state index contributed by atoms with van der Waals surface area (Å²) in [5.74, 6) is -0.542. The van der Waals surface area contributed by atoms with Crippen molar-refractivity contribution in [2.24, 2.45) is 0 Å². The first-order valence-electron chi connectivity index (χ1n) is 14.8. The van der Waals surface area contributed by atoms with Gasteiger partial charge in [-0.1, -0.05) is 0 Å². The van der Waals surface area contributed by atoms with Gasteiger partial charge in [0.2, 0.25) is 16.0 Å². The summed E-state index contributed by atoms with van der Waals surface area (Å²) in [5, 5.41) is 13.3. The van der Waals surface area contributed by atoms with Crippen molar-refractivity contribution in [2.45, 2.75) is 63.4 Å². The summed E-state index contributed by atoms with van der Waals surface area (Å²) in [7, 11) is -5.14. The van der Waals surface area contributed by atoms with Gasteiger partial charge in [-0.15, -0.1) is 0 Å². The molecule has 2 aliphatic rings. The molecule has 0 bridgehead atoms. The minimum atomic E-state index is -5.14. The number of sulfonamides is 1. The zero-order valence-corrected chi connectivity index (χ0v) is 17.0. The standard InChI is InChI=1S/C20H29N5O4S/c1-13-11-14-12-21-19(22-15-6-9-24(10-7-15)30(3,28)29)23-17(14)25(18(13)26)16-5-4-8-20(16,2)27/h11-12,15-16,27H,4-10H2,1-3H3,(H,21,22,23)/t16-,20-/m1/s1/i1D3,3D3,6D2,7D2,15D. The van der Waals surface area contributed by atoms with Crippen molar-refractivity contribution in [3.8, 4) is 0 Å². The summed E-state index contributed by atoms with van der Waals surface area (Å²) in [6, 6.07) is -2.78. The summed E-state index contributed by atoms with van der Waals surface area (Å²) in [6.07, 6.45) is -7.43. The van der Waals surface area contributed by atoms with E-state index in [1.807, 2.05) is 0 Å². The molecule has 0 amide bonds. The number of piperidine rings is 1. The van der Waals surface area contributed by atoms with Gasteiger partial charge in [-0.25, -0.2) is 17.7 Å². The summed E-state index contributed by atoms with van der Waals surface area (Å²) in [5.41, 5.74) is -3.04. The van der Waals surface area contributed by atoms with E-state index >= 15 is 0 Å². The number of anilines is 1. The van der Waals surface area contributed by atoms with E-state index in [1.54, 1.807) is 0 Å². The monoisotopic (exact) mass is 446 g/mol. The third kappa shape index (κ3) is 3.95. The van der Waals surface area contributed by atoms with Crippen LogP contribution in [-0.2, 0) is 10.0 Å². The molecule has 1 aliphatic heterocycles. The van der Waals surface area contributed by atoms with E-state index in [0.717, 1.165) is 16.8 Å². The smallest absolute Gasteiger partial charge is 0.255 e. The van der Waals surface area contributed by atoms with Crippen molar-refractivity contribution >= 4 is 27.0 Å². The van der Waals surface area contributed by atoms with Crippen LogP contribution in [0.1, 0.15) is 65.6 Å². The van der Waals surface area contributed by atoms with Crippen LogP contribution in [0.3, 0.4) is 0 Å². The molecule has 0 unspecified atom stereocenters. The Balaban J connectivity index is 1.85. The Kier molecular flexibility index (Phi) is 2.92. The van der Waals surface area contributed by atoms with E-state index in [2.05, 4.69) is 15.3 Å². The molecule has 10 heteroatoms. The maximum absolute atomic E-state index is 13.4. The molecule has 164 valence electrons. The number of aliphatic hydroxyl groups is 1. The van der Waals surface area contributed by atoms with Gasteiger partial charge in [0.1, 0.15) is 5.65 Å². The highest BCUT2D eigenvalue weighted by atomic mass is 32.2. The Bertz CT molecular complexity index is 1520. The van der Waals surface area contributed by atoms with Crippen molar-refractivity contribution in [2.75, 3.05) is 24.6 Å². The highest BCUT2D eigenvalue weighted by molar-refractivity contribution is 7.88. The van der Waals surface area contributed by atoms with Crippen LogP contribution >= 0.6 is 0 Å². The predicted molar refractivity (Wildman–Crippen MR) is 115 cm³/mol. The molecule has 2 atom stereocenters. The van der Waals surface area contributed by atoms with Gasteiger partial charge in [0.25, 0.3) is 5.56 Å². The van der Waals surface area contributed by atoms with Gasteiger partial charge in [0, 0.05) is 50.0 Å². The molecule has 2 fully saturated rings. The number of hydrogen-bond acceptors (Lipinski definition) is 7. The second kappa shape index (κ2) is 7.58. The lowest BCUT2D eigenvalue weighted by Gasteiger charge is -2.31. The van der Waals surface area contributed by atoms with Crippen molar-refractivity contribution in [1.82, 2.24) is 18.8 Å². The van der Waals surface area contributed by atoms with Crippen molar-refractivity contribution < 1.29 is 28.6 Å². The summed E-state index contributed by atoms with van der Waals surface area (Å²) >= 11 is 0. The SMILES string of the molecule is [2H]C([2H])([2H])c1cc2cnc(NC3([2H])C([2H])([2H])CN(S(=O)(=O)C([2H])([2H])[2H])CC3([2H])[2H])nc2n([C@@H]2CCC[C@@]2(C)O)c1=O. The molecule has 0 spiro atoms. The van der Waals surface area contributed by atoms with E-state index in [-0.39, 0.29) is 15.3 Å². The quantitative estimate of drug-likeness (QED) is 0.729. The van der Waals surface area contributed by atoms with Gasteiger partial charge >= 0.3 is 0 Å². The Morgan fingerprint density at radius 2 is 2.20 bits per heavy atom. The molecular weight excluding hydrogens is 406 g/mol. The average Bonchev–Trinajstić information content (AvgIpc) is 3.13. The van der Waals surface area contributed by atoms with Crippen LogP contribution in [0.2, 0.25) is 0 Å². The fraction of sp³-hybridized carbons (Fsp3) is 0.650. The molecule has 4 rings (SSSR count). The first-order valence-corrected chi connectivity index (χ1v) is 10.7. The van der Waals surface area contributed by atoms with Gasteiger partial charge in [-0.2, -0.15) is 4.98 Å². The molecule has 1 saturated carbocycles. The minimum Gasteiger partial charge on any atom is -0.388 e. The lowest BCUT2D eigenvalue weighted by Crippen LogP contribution is -2.42. The maximum Gasteiger partial charge on any atom is 0.255 e. The molecule has 0 aromatic carbocycles. The molecular formula is C20H29N5O4S. The fourth-order valence-electron chi connectivity index (χ4n) is 3.83. The largest absolute Gasteiger partial charge is 0.388 e. The highest BCUT2D eigenvalue weighted by Crippen LogP contribution is 2.39. The Morgan fingerprint density at radius 3 is 2.83 bits per heavy atom. The maximum atomic E-state index is 13.4. The minimum absolute atomic E-state index is 0.0765. The van der Waals surface area contributed by atoms with Crippen LogP contribution < -0.4 is 10.9 Å². The normalized spacial score (nSPS) is 37.0. The molecule has 1 aliphatic carbocycles. The lowest BCUT2D eigenvalue weighted by atomic mass is 9.99. The summed E-state index contributed by atoms with van der Waals surface area (Å²) in [6.45, 7) is -3.66. The number of hydrogen-bond donors (Lipinski definition) is 2. The zero-order chi connectivity index (χ0) is 31.2. The Morgan fingerprint density at radius 1 is 1.43 bits per heavy atom. The number of nitrogens with zero attached hydrogens (tertiary/aromatic N) is 4. The molecule has 9 nitrogen and oxygen atoms in total. The van der Waals surface area contributed by atoms with Crippen LogP contribution in [0.4, 0.5) is 5.95 Å². The van der Waals surface area contributed by atoms with E-state index in [0.29, 0.717) is 19.3 Å². The molecule has 30 heavy (non-hydrogen) atoms. The number of pyridine rings is 1. The van der Waals surface area contributed by atoms with Crippen LogP contribution in [0.5, 0.6) is 0 Å². The number of rotatable bonds is 4. The molecule has 3 heterocycles. The van der Waals surface area contributed by atoms with Crippen molar-refractivity contribution in [1.29, 1.82) is 0 Å². The third-order valence-electron chi connectivity index (χ3n) is 5.40. The number of fused-ring (bicyclic) bond motifs is 1. The molecule has 0 radical (unpaired) electrons. The van der Waals surface area contributed by atoms with Gasteiger partial charge in [0.15, 0.2) is 0 Å². The molecule has 2 N–H and O–H groups in total. The zero-order valence-electron chi connectivity index (χ0n) is 27.1. The van der Waals surface area contributed by atoms with Crippen LogP contribution in [0, 0.1) is 6.85 Å². The Hall–Kier alpha value is -2.04. The summed E-state index contributed by atoms with van der Waals surface area (Å²) < 4.78 is 114. The Labute approximate surface area is 191 Å². The van der Waals surface area contributed by atoms with Crippen molar-refractivity contribution in [3.63, 3.8) is 0 Å². The van der Waals surface area contributed by atoms with E-state index in [1.165, 1.54) is 6.92 Å². The number of nitrogens with one attached hydrogen (secondary N) is 1. The third-order valence-corrected chi connectivity index (χ3v) is 6.34. The number of aromatic nitrogens is 3. The highest BCUT2D eigenvalue weighted by Gasteiger charge is 2.39. The second-order valence-corrected chi connectivity index (χ2v) is 9.06. The van der Waals surface area contributed by atoms with Gasteiger partial charge < -0.3 is 10.4 Å². The van der Waals surface area contributed by atoms with Gasteiger partial charge in [0.05, 0.1) is 19.2 Å². The van der Waals surface area contributed by atoms with Crippen LogP contribution in [-0.4, -0.2) is 63.3 Å². The topological polar surface area (TPSA) is 117 Å². The van der Waals surface area contributed by atoms with E-state index in [4.69, 9.17) is 15.1 Å². The molecule has 2 aromatic rings. The fourth-order valence-corrected chi connectivity index (χ4v) is 4.30. The van der Waals surface area contributed by atoms with Crippen molar-refractivity contribution in [3.05, 3.63) is 28.2 Å². The predicted octanol–water partition coefficient (Wildman–Crippen LogP) is 1.41.